The summed E-state index contributed by atoms with van der Waals surface area (Å²) in [7, 11) is 0. The van der Waals surface area contributed by atoms with Crippen LogP contribution < -0.4 is 5.32 Å². The van der Waals surface area contributed by atoms with Gasteiger partial charge in [-0.2, -0.15) is 5.10 Å². The summed E-state index contributed by atoms with van der Waals surface area (Å²) in [4.78, 5) is 2.50. The molecule has 24 heavy (non-hydrogen) atoms. The topological polar surface area (TPSA) is 68.1 Å². The Morgan fingerprint density at radius 2 is 1.96 bits per heavy atom. The Balaban J connectivity index is 1.60. The van der Waals surface area contributed by atoms with E-state index in [2.05, 4.69) is 39.4 Å². The van der Waals surface area contributed by atoms with E-state index in [0.29, 0.717) is 12.0 Å². The Morgan fingerprint density at radius 1 is 1.17 bits per heavy atom. The molecule has 2 aromatic heterocycles. The lowest BCUT2D eigenvalue weighted by atomic mass is 10.0. The van der Waals surface area contributed by atoms with Gasteiger partial charge in [-0.05, 0) is 31.0 Å². The Kier molecular flexibility index (Phi) is 5.42. The van der Waals surface area contributed by atoms with Gasteiger partial charge in [0.2, 0.25) is 0 Å². The van der Waals surface area contributed by atoms with Gasteiger partial charge in [0.1, 0.15) is 5.82 Å². The highest BCUT2D eigenvalue weighted by Crippen LogP contribution is 2.14. The van der Waals surface area contributed by atoms with Crippen molar-refractivity contribution >= 4 is 5.82 Å². The van der Waals surface area contributed by atoms with E-state index in [0.717, 1.165) is 50.2 Å². The molecule has 0 radical (unpaired) electrons. The maximum Gasteiger partial charge on any atom is 0.175 e. The van der Waals surface area contributed by atoms with E-state index in [1.807, 2.05) is 31.3 Å². The molecule has 1 unspecified atom stereocenters. The smallest absolute Gasteiger partial charge is 0.175 e. The number of aryl methyl sites for hydroxylation is 1. The SMILES string of the molecule is Cc1ccn(-c2ccc(NCC(C(C)C)N3CCOCC3)nn2)n1. The van der Waals surface area contributed by atoms with Crippen LogP contribution in [0.5, 0.6) is 0 Å². The number of ether oxygens (including phenoxy) is 1. The number of rotatable bonds is 6. The largest absolute Gasteiger partial charge is 0.379 e. The summed E-state index contributed by atoms with van der Waals surface area (Å²) in [5.74, 6) is 2.08. The third-order valence-corrected chi connectivity index (χ3v) is 4.38. The minimum absolute atomic E-state index is 0.462. The number of hydrogen-bond acceptors (Lipinski definition) is 6. The zero-order valence-corrected chi connectivity index (χ0v) is 14.6. The van der Waals surface area contributed by atoms with Crippen molar-refractivity contribution < 1.29 is 4.74 Å². The monoisotopic (exact) mass is 330 g/mol. The van der Waals surface area contributed by atoms with Crippen molar-refractivity contribution in [1.82, 2.24) is 24.9 Å². The van der Waals surface area contributed by atoms with E-state index in [1.54, 1.807) is 4.68 Å². The summed E-state index contributed by atoms with van der Waals surface area (Å²) >= 11 is 0. The molecule has 7 heteroatoms. The number of nitrogens with one attached hydrogen (secondary N) is 1. The van der Waals surface area contributed by atoms with Crippen molar-refractivity contribution in [2.75, 3.05) is 38.2 Å². The normalized spacial score (nSPS) is 17.2. The third-order valence-electron chi connectivity index (χ3n) is 4.38. The van der Waals surface area contributed by atoms with Gasteiger partial charge in [-0.15, -0.1) is 10.2 Å². The van der Waals surface area contributed by atoms with Crippen LogP contribution in [-0.4, -0.2) is 63.8 Å². The zero-order chi connectivity index (χ0) is 16.9. The average molecular weight is 330 g/mol. The highest BCUT2D eigenvalue weighted by molar-refractivity contribution is 5.36. The fourth-order valence-corrected chi connectivity index (χ4v) is 2.99. The first kappa shape index (κ1) is 16.9. The zero-order valence-electron chi connectivity index (χ0n) is 14.6. The van der Waals surface area contributed by atoms with Gasteiger partial charge < -0.3 is 10.1 Å². The van der Waals surface area contributed by atoms with Gasteiger partial charge in [0, 0.05) is 31.9 Å². The summed E-state index contributed by atoms with van der Waals surface area (Å²) in [5.41, 5.74) is 0.962. The molecule has 1 aliphatic rings. The molecule has 1 aliphatic heterocycles. The Hall–Kier alpha value is -1.99. The van der Waals surface area contributed by atoms with E-state index in [-0.39, 0.29) is 0 Å². The second kappa shape index (κ2) is 7.72. The predicted octanol–water partition coefficient (Wildman–Crippen LogP) is 1.74. The predicted molar refractivity (Wildman–Crippen MR) is 93.4 cm³/mol. The van der Waals surface area contributed by atoms with Crippen molar-refractivity contribution in [3.63, 3.8) is 0 Å². The van der Waals surface area contributed by atoms with Crippen LogP contribution in [-0.2, 0) is 4.74 Å². The lowest BCUT2D eigenvalue weighted by Gasteiger charge is -2.37. The van der Waals surface area contributed by atoms with Crippen molar-refractivity contribution in [2.45, 2.75) is 26.8 Å². The minimum atomic E-state index is 0.462. The fraction of sp³-hybridized carbons (Fsp3) is 0.588. The van der Waals surface area contributed by atoms with Crippen LogP contribution in [0.2, 0.25) is 0 Å². The van der Waals surface area contributed by atoms with Gasteiger partial charge in [-0.1, -0.05) is 13.8 Å². The third kappa shape index (κ3) is 4.10. The van der Waals surface area contributed by atoms with Crippen molar-refractivity contribution in [2.24, 2.45) is 5.92 Å². The summed E-state index contributed by atoms with van der Waals surface area (Å²) in [6.07, 6.45) is 1.89. The average Bonchev–Trinajstić information content (AvgIpc) is 3.03. The summed E-state index contributed by atoms with van der Waals surface area (Å²) in [6.45, 7) is 11.0. The fourth-order valence-electron chi connectivity index (χ4n) is 2.99. The number of anilines is 1. The van der Waals surface area contributed by atoms with Crippen LogP contribution in [0, 0.1) is 12.8 Å². The molecule has 1 fully saturated rings. The molecule has 1 saturated heterocycles. The number of morpholine rings is 1. The van der Waals surface area contributed by atoms with Crippen molar-refractivity contribution in [3.05, 3.63) is 30.1 Å². The van der Waals surface area contributed by atoms with Gasteiger partial charge in [0.25, 0.3) is 0 Å². The molecule has 0 spiro atoms. The lowest BCUT2D eigenvalue weighted by molar-refractivity contribution is 0.00953. The molecule has 2 aromatic rings. The highest BCUT2D eigenvalue weighted by Gasteiger charge is 2.23. The molecule has 3 heterocycles. The van der Waals surface area contributed by atoms with E-state index in [4.69, 9.17) is 4.74 Å². The minimum Gasteiger partial charge on any atom is -0.379 e. The van der Waals surface area contributed by atoms with Gasteiger partial charge in [-0.3, -0.25) is 4.90 Å². The van der Waals surface area contributed by atoms with E-state index in [1.165, 1.54) is 0 Å². The molecule has 0 aromatic carbocycles. The maximum absolute atomic E-state index is 5.46. The van der Waals surface area contributed by atoms with Crippen molar-refractivity contribution in [1.29, 1.82) is 0 Å². The number of hydrogen-bond donors (Lipinski definition) is 1. The van der Waals surface area contributed by atoms with E-state index < -0.39 is 0 Å². The maximum atomic E-state index is 5.46. The second-order valence-corrected chi connectivity index (χ2v) is 6.52. The van der Waals surface area contributed by atoms with Crippen LogP contribution in [0.4, 0.5) is 5.82 Å². The van der Waals surface area contributed by atoms with Crippen LogP contribution >= 0.6 is 0 Å². The Labute approximate surface area is 143 Å². The summed E-state index contributed by atoms with van der Waals surface area (Å²) < 4.78 is 7.19. The highest BCUT2D eigenvalue weighted by atomic mass is 16.5. The standard InChI is InChI=1S/C17H26N6O/c1-13(2)15(22-8-10-24-11-9-22)12-18-16-4-5-17(20-19-16)23-7-6-14(3)21-23/h4-7,13,15H,8-12H2,1-3H3,(H,18,19). The summed E-state index contributed by atoms with van der Waals surface area (Å²) in [6, 6.07) is 6.30. The molecule has 130 valence electrons. The molecule has 1 N–H and O–H groups in total. The van der Waals surface area contributed by atoms with Crippen LogP contribution in [0.25, 0.3) is 5.82 Å². The van der Waals surface area contributed by atoms with E-state index >= 15 is 0 Å². The summed E-state index contributed by atoms with van der Waals surface area (Å²) in [5, 5.41) is 16.3. The van der Waals surface area contributed by atoms with Crippen LogP contribution in [0.1, 0.15) is 19.5 Å². The molecular formula is C17H26N6O. The first-order chi connectivity index (χ1) is 11.6. The molecule has 7 nitrogen and oxygen atoms in total. The molecule has 0 saturated carbocycles. The van der Waals surface area contributed by atoms with Crippen molar-refractivity contribution in [3.8, 4) is 5.82 Å². The Morgan fingerprint density at radius 3 is 2.54 bits per heavy atom. The molecular weight excluding hydrogens is 304 g/mol. The number of nitrogens with zero attached hydrogens (tertiary/aromatic N) is 5. The molecule has 0 bridgehead atoms. The van der Waals surface area contributed by atoms with Gasteiger partial charge in [0.05, 0.1) is 18.9 Å². The van der Waals surface area contributed by atoms with Crippen LogP contribution in [0.3, 0.4) is 0 Å². The van der Waals surface area contributed by atoms with E-state index in [9.17, 15) is 0 Å². The van der Waals surface area contributed by atoms with Gasteiger partial charge in [0.15, 0.2) is 5.82 Å². The lowest BCUT2D eigenvalue weighted by Crippen LogP contribution is -2.49. The first-order valence-electron chi connectivity index (χ1n) is 8.55. The van der Waals surface area contributed by atoms with Crippen LogP contribution in [0.15, 0.2) is 24.4 Å². The second-order valence-electron chi connectivity index (χ2n) is 6.52. The van der Waals surface area contributed by atoms with Gasteiger partial charge in [-0.25, -0.2) is 4.68 Å². The van der Waals surface area contributed by atoms with Gasteiger partial charge >= 0.3 is 0 Å². The molecule has 1 atom stereocenters. The molecule has 0 amide bonds. The Bertz CT molecular complexity index is 633. The molecule has 0 aliphatic carbocycles. The number of aromatic nitrogens is 4. The molecule has 3 rings (SSSR count). The first-order valence-corrected chi connectivity index (χ1v) is 8.55. The quantitative estimate of drug-likeness (QED) is 0.870.